The fourth-order valence-electron chi connectivity index (χ4n) is 2.86. The van der Waals surface area contributed by atoms with E-state index < -0.39 is 0 Å². The van der Waals surface area contributed by atoms with E-state index in [2.05, 4.69) is 60.3 Å². The average molecular weight is 303 g/mol. The Morgan fingerprint density at radius 1 is 1.09 bits per heavy atom. The van der Waals surface area contributed by atoms with Gasteiger partial charge in [0.15, 0.2) is 11.4 Å². The minimum absolute atomic E-state index is 0.617. The third-order valence-corrected chi connectivity index (χ3v) is 4.07. The van der Waals surface area contributed by atoms with Crippen molar-refractivity contribution in [2.75, 3.05) is 0 Å². The van der Waals surface area contributed by atoms with Gasteiger partial charge >= 0.3 is 0 Å². The quantitative estimate of drug-likeness (QED) is 0.558. The summed E-state index contributed by atoms with van der Waals surface area (Å²) in [5.41, 5.74) is 5.63. The van der Waals surface area contributed by atoms with E-state index in [4.69, 9.17) is 4.42 Å². The summed E-state index contributed by atoms with van der Waals surface area (Å²) in [5, 5.41) is 4.59. The monoisotopic (exact) mass is 303 g/mol. The van der Waals surface area contributed by atoms with Gasteiger partial charge in [-0.25, -0.2) is 9.50 Å². The molecule has 0 unspecified atom stereocenters. The Morgan fingerprint density at radius 3 is 2.70 bits per heavy atom. The molecular formula is C19H17N3O. The summed E-state index contributed by atoms with van der Waals surface area (Å²) in [5.74, 6) is 1.31. The molecule has 0 aliphatic carbocycles. The topological polar surface area (TPSA) is 43.3 Å². The molecule has 0 spiro atoms. The molecule has 0 fully saturated rings. The van der Waals surface area contributed by atoms with Gasteiger partial charge in [-0.3, -0.25) is 0 Å². The standard InChI is InChI=1S/C19H17N3O/c1-3-15-11-14(16-8-5-4-7-13(16)2)12-18-20-19(21-22(15)18)17-9-6-10-23-17/h4-12H,3H2,1-2H3. The van der Waals surface area contributed by atoms with Crippen molar-refractivity contribution in [1.82, 2.24) is 14.6 Å². The first kappa shape index (κ1) is 13.8. The zero-order valence-electron chi connectivity index (χ0n) is 13.2. The van der Waals surface area contributed by atoms with Crippen molar-refractivity contribution in [3.05, 3.63) is 66.1 Å². The average Bonchev–Trinajstić information content (AvgIpc) is 3.23. The first-order chi connectivity index (χ1) is 11.3. The number of pyridine rings is 1. The Balaban J connectivity index is 1.93. The van der Waals surface area contributed by atoms with Crippen LogP contribution >= 0.6 is 0 Å². The van der Waals surface area contributed by atoms with Gasteiger partial charge in [0.2, 0.25) is 5.82 Å². The maximum Gasteiger partial charge on any atom is 0.217 e. The van der Waals surface area contributed by atoms with Crippen LogP contribution in [0.15, 0.2) is 59.2 Å². The van der Waals surface area contributed by atoms with Crippen LogP contribution in [0.2, 0.25) is 0 Å². The number of aromatic nitrogens is 3. The summed E-state index contributed by atoms with van der Waals surface area (Å²) in [6, 6.07) is 16.4. The molecule has 0 N–H and O–H groups in total. The fourth-order valence-corrected chi connectivity index (χ4v) is 2.86. The summed E-state index contributed by atoms with van der Waals surface area (Å²) in [4.78, 5) is 4.64. The van der Waals surface area contributed by atoms with Crippen molar-refractivity contribution in [3.8, 4) is 22.7 Å². The fraction of sp³-hybridized carbons (Fsp3) is 0.158. The maximum absolute atomic E-state index is 5.42. The predicted molar refractivity (Wildman–Crippen MR) is 90.2 cm³/mol. The van der Waals surface area contributed by atoms with Crippen LogP contribution in [0.1, 0.15) is 18.2 Å². The summed E-state index contributed by atoms with van der Waals surface area (Å²) >= 11 is 0. The Labute approximate surface area is 134 Å². The normalized spacial score (nSPS) is 11.2. The second kappa shape index (κ2) is 5.39. The second-order valence-electron chi connectivity index (χ2n) is 5.59. The van der Waals surface area contributed by atoms with Gasteiger partial charge in [0.05, 0.1) is 6.26 Å². The number of aryl methyl sites for hydroxylation is 2. The summed E-state index contributed by atoms with van der Waals surface area (Å²) < 4.78 is 7.32. The third-order valence-electron chi connectivity index (χ3n) is 4.07. The van der Waals surface area contributed by atoms with Gasteiger partial charge in [-0.05, 0) is 54.3 Å². The second-order valence-corrected chi connectivity index (χ2v) is 5.59. The van der Waals surface area contributed by atoms with Crippen LogP contribution in [-0.2, 0) is 6.42 Å². The molecule has 4 heteroatoms. The molecule has 0 saturated heterocycles. The van der Waals surface area contributed by atoms with Crippen LogP contribution in [0.4, 0.5) is 0 Å². The van der Waals surface area contributed by atoms with E-state index >= 15 is 0 Å². The van der Waals surface area contributed by atoms with Gasteiger partial charge < -0.3 is 4.42 Å². The highest BCUT2D eigenvalue weighted by Crippen LogP contribution is 2.27. The lowest BCUT2D eigenvalue weighted by atomic mass is 10.0. The van der Waals surface area contributed by atoms with Gasteiger partial charge in [0.25, 0.3) is 0 Å². The molecule has 0 saturated carbocycles. The van der Waals surface area contributed by atoms with Crippen molar-refractivity contribution in [2.45, 2.75) is 20.3 Å². The Bertz CT molecular complexity index is 968. The maximum atomic E-state index is 5.42. The van der Waals surface area contributed by atoms with Gasteiger partial charge in [0.1, 0.15) is 0 Å². The number of furan rings is 1. The molecule has 0 aliphatic rings. The van der Waals surface area contributed by atoms with E-state index in [1.807, 2.05) is 16.6 Å². The molecule has 4 nitrogen and oxygen atoms in total. The minimum atomic E-state index is 0.617. The van der Waals surface area contributed by atoms with Crippen LogP contribution in [0.3, 0.4) is 0 Å². The molecule has 0 radical (unpaired) electrons. The summed E-state index contributed by atoms with van der Waals surface area (Å²) in [7, 11) is 0. The molecular weight excluding hydrogens is 286 g/mol. The molecule has 3 heterocycles. The lowest BCUT2D eigenvalue weighted by Crippen LogP contribution is -1.98. The van der Waals surface area contributed by atoms with Crippen molar-refractivity contribution < 1.29 is 4.42 Å². The van der Waals surface area contributed by atoms with Crippen LogP contribution in [0.25, 0.3) is 28.4 Å². The van der Waals surface area contributed by atoms with E-state index in [0.29, 0.717) is 11.6 Å². The SMILES string of the molecule is CCc1cc(-c2ccccc2C)cc2nc(-c3ccco3)nn12. The Hall–Kier alpha value is -2.88. The van der Waals surface area contributed by atoms with Crippen molar-refractivity contribution in [2.24, 2.45) is 0 Å². The highest BCUT2D eigenvalue weighted by Gasteiger charge is 2.13. The third kappa shape index (κ3) is 2.32. The molecule has 114 valence electrons. The van der Waals surface area contributed by atoms with E-state index in [0.717, 1.165) is 17.8 Å². The lowest BCUT2D eigenvalue weighted by Gasteiger charge is -2.09. The molecule has 4 aromatic rings. The van der Waals surface area contributed by atoms with E-state index in [9.17, 15) is 0 Å². The first-order valence-corrected chi connectivity index (χ1v) is 7.76. The Morgan fingerprint density at radius 2 is 1.96 bits per heavy atom. The molecule has 0 bridgehead atoms. The largest absolute Gasteiger partial charge is 0.461 e. The van der Waals surface area contributed by atoms with Crippen molar-refractivity contribution in [1.29, 1.82) is 0 Å². The molecule has 1 aromatic carbocycles. The van der Waals surface area contributed by atoms with Crippen LogP contribution in [0, 0.1) is 6.92 Å². The van der Waals surface area contributed by atoms with E-state index in [1.54, 1.807) is 6.26 Å². The van der Waals surface area contributed by atoms with Gasteiger partial charge in [-0.15, -0.1) is 5.10 Å². The molecule has 0 amide bonds. The van der Waals surface area contributed by atoms with Crippen molar-refractivity contribution >= 4 is 5.65 Å². The van der Waals surface area contributed by atoms with Crippen LogP contribution in [-0.4, -0.2) is 14.6 Å². The van der Waals surface area contributed by atoms with E-state index in [1.165, 1.54) is 16.7 Å². The zero-order chi connectivity index (χ0) is 15.8. The summed E-state index contributed by atoms with van der Waals surface area (Å²) in [6.45, 7) is 4.26. The number of hydrogen-bond donors (Lipinski definition) is 0. The van der Waals surface area contributed by atoms with E-state index in [-0.39, 0.29) is 0 Å². The molecule has 23 heavy (non-hydrogen) atoms. The number of nitrogens with zero attached hydrogens (tertiary/aromatic N) is 3. The van der Waals surface area contributed by atoms with Crippen molar-refractivity contribution in [3.63, 3.8) is 0 Å². The molecule has 3 aromatic heterocycles. The highest BCUT2D eigenvalue weighted by atomic mass is 16.3. The molecule has 0 aliphatic heterocycles. The predicted octanol–water partition coefficient (Wildman–Crippen LogP) is 4.53. The lowest BCUT2D eigenvalue weighted by molar-refractivity contribution is 0.577. The van der Waals surface area contributed by atoms with Gasteiger partial charge in [-0.1, -0.05) is 31.2 Å². The zero-order valence-corrected chi connectivity index (χ0v) is 13.2. The first-order valence-electron chi connectivity index (χ1n) is 7.76. The van der Waals surface area contributed by atoms with Crippen LogP contribution < -0.4 is 0 Å². The number of rotatable bonds is 3. The number of benzene rings is 1. The smallest absolute Gasteiger partial charge is 0.217 e. The highest BCUT2D eigenvalue weighted by molar-refractivity contribution is 5.71. The Kier molecular flexibility index (Phi) is 3.23. The number of hydrogen-bond acceptors (Lipinski definition) is 3. The van der Waals surface area contributed by atoms with Gasteiger partial charge in [-0.2, -0.15) is 0 Å². The number of fused-ring (bicyclic) bond motifs is 1. The molecule has 0 atom stereocenters. The molecule has 4 rings (SSSR count). The summed E-state index contributed by atoms with van der Waals surface area (Å²) in [6.07, 6.45) is 2.53. The van der Waals surface area contributed by atoms with Crippen LogP contribution in [0.5, 0.6) is 0 Å². The van der Waals surface area contributed by atoms with Gasteiger partial charge in [0, 0.05) is 5.69 Å². The minimum Gasteiger partial charge on any atom is -0.461 e.